The third-order valence-electron chi connectivity index (χ3n) is 2.63. The Labute approximate surface area is 123 Å². The Bertz CT molecular complexity index is 772. The summed E-state index contributed by atoms with van der Waals surface area (Å²) in [7, 11) is 0. The van der Waals surface area contributed by atoms with Gasteiger partial charge in [0.15, 0.2) is 6.61 Å². The summed E-state index contributed by atoms with van der Waals surface area (Å²) in [5, 5.41) is 11.1. The fraction of sp³-hybridized carbons (Fsp3) is 0.0714. The first kappa shape index (κ1) is 15.2. The molecule has 8 heteroatoms. The van der Waals surface area contributed by atoms with Crippen molar-refractivity contribution >= 4 is 17.6 Å². The van der Waals surface area contributed by atoms with Gasteiger partial charge >= 0.3 is 5.97 Å². The summed E-state index contributed by atoms with van der Waals surface area (Å²) in [6, 6.07) is 7.96. The number of benzene rings is 1. The maximum atomic E-state index is 13.3. The summed E-state index contributed by atoms with van der Waals surface area (Å²) < 4.78 is 14.0. The zero-order valence-corrected chi connectivity index (χ0v) is 11.2. The topological polar surface area (TPSA) is 97.6 Å². The third kappa shape index (κ3) is 3.48. The van der Waals surface area contributed by atoms with Crippen molar-refractivity contribution in [3.8, 4) is 0 Å². The van der Waals surface area contributed by atoms with E-state index in [0.717, 1.165) is 6.07 Å². The van der Waals surface area contributed by atoms with E-state index >= 15 is 0 Å². The molecule has 114 valence electrons. The van der Waals surface area contributed by atoms with Crippen molar-refractivity contribution in [3.05, 3.63) is 64.3 Å². The van der Waals surface area contributed by atoms with E-state index in [1.54, 1.807) is 6.07 Å². The van der Waals surface area contributed by atoms with Crippen LogP contribution in [0.15, 0.2) is 47.4 Å². The highest BCUT2D eigenvalue weighted by Gasteiger charge is 2.12. The number of amides is 1. The van der Waals surface area contributed by atoms with E-state index in [4.69, 9.17) is 9.94 Å². The molecule has 0 saturated carbocycles. The second-order valence-electron chi connectivity index (χ2n) is 4.16. The SMILES string of the molecule is O=C(COn1cccc(C(=O)O)c1=O)Nc1ccccc1F. The van der Waals surface area contributed by atoms with E-state index in [1.807, 2.05) is 0 Å². The van der Waals surface area contributed by atoms with Gasteiger partial charge in [-0.15, -0.1) is 0 Å². The molecule has 22 heavy (non-hydrogen) atoms. The lowest BCUT2D eigenvalue weighted by Crippen LogP contribution is -2.34. The van der Waals surface area contributed by atoms with Crippen molar-refractivity contribution in [2.24, 2.45) is 0 Å². The predicted molar refractivity (Wildman–Crippen MR) is 74.1 cm³/mol. The van der Waals surface area contributed by atoms with Gasteiger partial charge in [-0.3, -0.25) is 9.59 Å². The predicted octanol–water partition coefficient (Wildman–Crippen LogP) is 0.753. The second kappa shape index (κ2) is 6.53. The average molecular weight is 306 g/mol. The molecule has 2 aromatic rings. The van der Waals surface area contributed by atoms with Gasteiger partial charge in [-0.2, -0.15) is 4.73 Å². The average Bonchev–Trinajstić information content (AvgIpc) is 2.48. The van der Waals surface area contributed by atoms with Crippen LogP contribution < -0.4 is 15.7 Å². The van der Waals surface area contributed by atoms with Crippen molar-refractivity contribution < 1.29 is 23.9 Å². The Kier molecular flexibility index (Phi) is 4.52. The standard InChI is InChI=1S/C14H11FN2O5/c15-10-5-1-2-6-11(10)16-12(18)8-22-17-7-3-4-9(13(17)19)14(20)21/h1-7H,8H2,(H,16,18)(H,20,21). The monoisotopic (exact) mass is 306 g/mol. The molecule has 0 bridgehead atoms. The molecule has 2 N–H and O–H groups in total. The highest BCUT2D eigenvalue weighted by molar-refractivity contribution is 5.91. The largest absolute Gasteiger partial charge is 0.477 e. The number of nitrogens with one attached hydrogen (secondary N) is 1. The number of nitrogens with zero attached hydrogens (tertiary/aromatic N) is 1. The van der Waals surface area contributed by atoms with Gasteiger partial charge in [-0.25, -0.2) is 9.18 Å². The van der Waals surface area contributed by atoms with Gasteiger partial charge in [0.2, 0.25) is 0 Å². The minimum absolute atomic E-state index is 0.0252. The number of aromatic nitrogens is 1. The van der Waals surface area contributed by atoms with E-state index in [1.165, 1.54) is 30.5 Å². The fourth-order valence-corrected chi connectivity index (χ4v) is 1.62. The molecule has 1 aromatic carbocycles. The Balaban J connectivity index is 2.03. The van der Waals surface area contributed by atoms with Gasteiger partial charge in [0.1, 0.15) is 11.4 Å². The van der Waals surface area contributed by atoms with Crippen molar-refractivity contribution in [2.45, 2.75) is 0 Å². The van der Waals surface area contributed by atoms with Crippen LogP contribution in [0.1, 0.15) is 10.4 Å². The molecule has 7 nitrogen and oxygen atoms in total. The first-order valence-corrected chi connectivity index (χ1v) is 6.11. The molecule has 0 spiro atoms. The van der Waals surface area contributed by atoms with Crippen LogP contribution in [-0.4, -0.2) is 28.3 Å². The zero-order valence-electron chi connectivity index (χ0n) is 11.2. The summed E-state index contributed by atoms with van der Waals surface area (Å²) in [6.07, 6.45) is 1.17. The minimum atomic E-state index is -1.40. The van der Waals surface area contributed by atoms with Gasteiger partial charge in [0, 0.05) is 6.20 Å². The number of rotatable bonds is 5. The van der Waals surface area contributed by atoms with Crippen molar-refractivity contribution in [3.63, 3.8) is 0 Å². The maximum Gasteiger partial charge on any atom is 0.341 e. The molecule has 1 aromatic heterocycles. The van der Waals surface area contributed by atoms with Crippen molar-refractivity contribution in [2.75, 3.05) is 11.9 Å². The number of carboxylic acid groups (broad SMARTS) is 1. The lowest BCUT2D eigenvalue weighted by atomic mass is 10.3. The van der Waals surface area contributed by atoms with Crippen LogP contribution in [-0.2, 0) is 4.79 Å². The van der Waals surface area contributed by atoms with Crippen molar-refractivity contribution in [1.29, 1.82) is 0 Å². The van der Waals surface area contributed by atoms with E-state index in [9.17, 15) is 18.8 Å². The number of carbonyl (C=O) groups is 2. The number of pyridine rings is 1. The first-order valence-electron chi connectivity index (χ1n) is 6.11. The number of hydrogen-bond acceptors (Lipinski definition) is 4. The van der Waals surface area contributed by atoms with Crippen LogP contribution in [0.2, 0.25) is 0 Å². The number of aromatic carboxylic acids is 1. The van der Waals surface area contributed by atoms with Gasteiger partial charge in [-0.1, -0.05) is 12.1 Å². The lowest BCUT2D eigenvalue weighted by molar-refractivity contribution is -0.121. The van der Waals surface area contributed by atoms with E-state index in [-0.39, 0.29) is 5.69 Å². The quantitative estimate of drug-likeness (QED) is 0.849. The summed E-state index contributed by atoms with van der Waals surface area (Å²) in [4.78, 5) is 39.0. The van der Waals surface area contributed by atoms with Crippen LogP contribution in [0.4, 0.5) is 10.1 Å². The highest BCUT2D eigenvalue weighted by Crippen LogP contribution is 2.11. The Hall–Kier alpha value is -3.16. The van der Waals surface area contributed by atoms with E-state index < -0.39 is 35.4 Å². The van der Waals surface area contributed by atoms with Crippen molar-refractivity contribution in [1.82, 2.24) is 4.73 Å². The highest BCUT2D eigenvalue weighted by atomic mass is 19.1. The van der Waals surface area contributed by atoms with Gasteiger partial charge in [0.05, 0.1) is 5.69 Å². The molecule has 1 amide bonds. The number of carbonyl (C=O) groups excluding carboxylic acids is 1. The molecule has 0 saturated heterocycles. The Morgan fingerprint density at radius 1 is 1.23 bits per heavy atom. The molecule has 2 rings (SSSR count). The number of para-hydroxylation sites is 1. The van der Waals surface area contributed by atoms with Crippen LogP contribution in [0, 0.1) is 5.82 Å². The van der Waals surface area contributed by atoms with Gasteiger partial charge in [0.25, 0.3) is 11.5 Å². The lowest BCUT2D eigenvalue weighted by Gasteiger charge is -2.09. The van der Waals surface area contributed by atoms with Crippen LogP contribution in [0.5, 0.6) is 0 Å². The molecule has 0 aliphatic heterocycles. The molecule has 0 atom stereocenters. The molecule has 1 heterocycles. The van der Waals surface area contributed by atoms with Gasteiger partial charge < -0.3 is 15.3 Å². The summed E-state index contributed by atoms with van der Waals surface area (Å²) >= 11 is 0. The normalized spacial score (nSPS) is 10.0. The summed E-state index contributed by atoms with van der Waals surface area (Å²) in [5.74, 6) is -2.71. The smallest absolute Gasteiger partial charge is 0.341 e. The Morgan fingerprint density at radius 2 is 1.95 bits per heavy atom. The number of hydrogen-bond donors (Lipinski definition) is 2. The van der Waals surface area contributed by atoms with Gasteiger partial charge in [-0.05, 0) is 24.3 Å². The van der Waals surface area contributed by atoms with E-state index in [0.29, 0.717) is 4.73 Å². The molecule has 0 aliphatic rings. The maximum absolute atomic E-state index is 13.3. The molecular formula is C14H11FN2O5. The zero-order chi connectivity index (χ0) is 16.1. The second-order valence-corrected chi connectivity index (χ2v) is 4.16. The number of halogens is 1. The van der Waals surface area contributed by atoms with Crippen LogP contribution >= 0.6 is 0 Å². The summed E-state index contributed by atoms with van der Waals surface area (Å²) in [6.45, 7) is -0.586. The molecule has 0 unspecified atom stereocenters. The van der Waals surface area contributed by atoms with E-state index in [2.05, 4.69) is 5.32 Å². The number of anilines is 1. The Morgan fingerprint density at radius 3 is 2.64 bits per heavy atom. The minimum Gasteiger partial charge on any atom is -0.477 e. The third-order valence-corrected chi connectivity index (χ3v) is 2.63. The number of carboxylic acids is 1. The molecule has 0 aliphatic carbocycles. The molecule has 0 fully saturated rings. The van der Waals surface area contributed by atoms with Crippen LogP contribution in [0.3, 0.4) is 0 Å². The van der Waals surface area contributed by atoms with Crippen LogP contribution in [0.25, 0.3) is 0 Å². The first-order chi connectivity index (χ1) is 10.5. The molecule has 0 radical (unpaired) electrons. The fourth-order valence-electron chi connectivity index (χ4n) is 1.62. The molecular weight excluding hydrogens is 295 g/mol. The summed E-state index contributed by atoms with van der Waals surface area (Å²) in [5.41, 5.74) is -1.42.